The number of aliphatic hydroxyl groups excluding tert-OH is 1. The van der Waals surface area contributed by atoms with E-state index in [1.54, 1.807) is 6.20 Å². The number of aliphatic hydroxyl groups is 1. The number of amides is 4. The summed E-state index contributed by atoms with van der Waals surface area (Å²) in [6.45, 7) is 1.20. The van der Waals surface area contributed by atoms with Gasteiger partial charge in [0.05, 0.1) is 18.6 Å². The minimum Gasteiger partial charge on any atom is -0.481 e. The lowest BCUT2D eigenvalue weighted by atomic mass is 10.0. The highest BCUT2D eigenvalue weighted by atomic mass is 16.4. The van der Waals surface area contributed by atoms with Crippen molar-refractivity contribution in [1.29, 1.82) is 0 Å². The average Bonchev–Trinajstić information content (AvgIpc) is 3.26. The third kappa shape index (κ3) is 9.08. The molecule has 0 aliphatic heterocycles. The summed E-state index contributed by atoms with van der Waals surface area (Å²) in [7, 11) is 0. The van der Waals surface area contributed by atoms with Gasteiger partial charge in [-0.2, -0.15) is 0 Å². The van der Waals surface area contributed by atoms with Crippen LogP contribution in [0.2, 0.25) is 0 Å². The van der Waals surface area contributed by atoms with E-state index in [-0.39, 0.29) is 6.42 Å². The number of aromatic nitrogens is 1. The fraction of sp³-hybridized carbons (Fsp3) is 0.417. The van der Waals surface area contributed by atoms with Crippen molar-refractivity contribution in [2.45, 2.75) is 62.9 Å². The molecular formula is C24H32N6O9. The summed E-state index contributed by atoms with van der Waals surface area (Å²) < 4.78 is 0. The molecule has 4 amide bonds. The number of benzene rings is 1. The van der Waals surface area contributed by atoms with Crippen molar-refractivity contribution in [3.63, 3.8) is 0 Å². The largest absolute Gasteiger partial charge is 0.481 e. The highest BCUT2D eigenvalue weighted by Gasteiger charge is 2.33. The van der Waals surface area contributed by atoms with Crippen LogP contribution >= 0.6 is 0 Å². The molecule has 15 nitrogen and oxygen atoms in total. The standard InChI is InChI=1S/C24H32N6O9/c1-11(31)20(30-21(35)14(25)8-12-10-27-15-5-3-2-4-13(12)15)23(37)29-17(9-18(26)32)22(36)28-16(24(38)39)6-7-19(33)34/h2-5,10-11,14,16-17,20,27,31H,6-9,25H2,1H3,(H2,26,32)(H,28,36)(H,29,37)(H,30,35)(H,33,34)(H,38,39). The molecule has 0 aliphatic rings. The Bertz CT molecular complexity index is 1230. The number of hydrogen-bond donors (Lipinski definition) is 9. The van der Waals surface area contributed by atoms with Crippen LogP contribution < -0.4 is 27.4 Å². The third-order valence-corrected chi connectivity index (χ3v) is 5.81. The first-order chi connectivity index (χ1) is 18.3. The smallest absolute Gasteiger partial charge is 0.326 e. The minimum absolute atomic E-state index is 0.101. The molecule has 2 aromatic rings. The van der Waals surface area contributed by atoms with Gasteiger partial charge in [0.2, 0.25) is 23.6 Å². The van der Waals surface area contributed by atoms with Crippen LogP contribution in [0.3, 0.4) is 0 Å². The van der Waals surface area contributed by atoms with Crippen molar-refractivity contribution in [3.8, 4) is 0 Å². The molecule has 1 aromatic carbocycles. The number of rotatable bonds is 15. The maximum absolute atomic E-state index is 12.9. The van der Waals surface area contributed by atoms with Gasteiger partial charge in [-0.1, -0.05) is 18.2 Å². The highest BCUT2D eigenvalue weighted by Crippen LogP contribution is 2.18. The van der Waals surface area contributed by atoms with Crippen LogP contribution in [0.4, 0.5) is 0 Å². The lowest BCUT2D eigenvalue weighted by Crippen LogP contribution is -2.60. The van der Waals surface area contributed by atoms with E-state index in [0.29, 0.717) is 0 Å². The molecule has 0 radical (unpaired) electrons. The Morgan fingerprint density at radius 3 is 2.18 bits per heavy atom. The predicted molar refractivity (Wildman–Crippen MR) is 136 cm³/mol. The molecule has 1 heterocycles. The number of carbonyl (C=O) groups is 6. The van der Waals surface area contributed by atoms with Crippen molar-refractivity contribution in [2.75, 3.05) is 0 Å². The van der Waals surface area contributed by atoms with Crippen LogP contribution in [-0.4, -0.2) is 86.1 Å². The summed E-state index contributed by atoms with van der Waals surface area (Å²) in [6, 6.07) is 1.33. The number of aromatic amines is 1. The lowest BCUT2D eigenvalue weighted by Gasteiger charge is -2.26. The minimum atomic E-state index is -1.68. The molecule has 212 valence electrons. The average molecular weight is 549 g/mol. The van der Waals surface area contributed by atoms with Gasteiger partial charge >= 0.3 is 11.9 Å². The molecule has 39 heavy (non-hydrogen) atoms. The molecule has 11 N–H and O–H groups in total. The number of aliphatic carboxylic acids is 2. The molecule has 0 saturated heterocycles. The zero-order chi connectivity index (χ0) is 29.3. The molecule has 0 bridgehead atoms. The van der Waals surface area contributed by atoms with Crippen LogP contribution in [0, 0.1) is 0 Å². The highest BCUT2D eigenvalue weighted by molar-refractivity contribution is 5.96. The van der Waals surface area contributed by atoms with Gasteiger partial charge in [-0.15, -0.1) is 0 Å². The summed E-state index contributed by atoms with van der Waals surface area (Å²) in [5, 5.41) is 35.6. The van der Waals surface area contributed by atoms with E-state index >= 15 is 0 Å². The monoisotopic (exact) mass is 548 g/mol. The molecule has 1 aromatic heterocycles. The first kappa shape index (κ1) is 30.7. The Labute approximate surface area is 222 Å². The second-order valence-corrected chi connectivity index (χ2v) is 8.96. The number of para-hydroxylation sites is 1. The predicted octanol–water partition coefficient (Wildman–Crippen LogP) is -2.30. The second-order valence-electron chi connectivity index (χ2n) is 8.96. The lowest BCUT2D eigenvalue weighted by molar-refractivity contribution is -0.143. The molecular weight excluding hydrogens is 516 g/mol. The van der Waals surface area contributed by atoms with E-state index < -0.39 is 85.1 Å². The summed E-state index contributed by atoms with van der Waals surface area (Å²) >= 11 is 0. The maximum atomic E-state index is 12.9. The van der Waals surface area contributed by atoms with Gasteiger partial charge in [-0.05, 0) is 31.4 Å². The fourth-order valence-corrected chi connectivity index (χ4v) is 3.77. The fourth-order valence-electron chi connectivity index (χ4n) is 3.77. The number of nitrogens with one attached hydrogen (secondary N) is 4. The van der Waals surface area contributed by atoms with Crippen molar-refractivity contribution in [2.24, 2.45) is 11.5 Å². The van der Waals surface area contributed by atoms with Gasteiger partial charge in [-0.25, -0.2) is 4.79 Å². The van der Waals surface area contributed by atoms with Crippen LogP contribution in [0.25, 0.3) is 10.9 Å². The van der Waals surface area contributed by atoms with Gasteiger partial charge in [0, 0.05) is 23.5 Å². The summed E-state index contributed by atoms with van der Waals surface area (Å²) in [5.74, 6) is -6.84. The van der Waals surface area contributed by atoms with Gasteiger partial charge < -0.3 is 47.7 Å². The van der Waals surface area contributed by atoms with E-state index in [1.807, 2.05) is 24.3 Å². The first-order valence-corrected chi connectivity index (χ1v) is 11.9. The summed E-state index contributed by atoms with van der Waals surface area (Å²) in [5.41, 5.74) is 12.8. The number of fused-ring (bicyclic) bond motifs is 1. The first-order valence-electron chi connectivity index (χ1n) is 11.9. The van der Waals surface area contributed by atoms with Crippen molar-refractivity contribution < 1.29 is 44.1 Å². The van der Waals surface area contributed by atoms with E-state index in [1.165, 1.54) is 6.92 Å². The van der Waals surface area contributed by atoms with E-state index in [9.17, 15) is 39.0 Å². The SMILES string of the molecule is CC(O)C(NC(=O)C(N)Cc1c[nH]c2ccccc12)C(=O)NC(CC(N)=O)C(=O)NC(CCC(=O)O)C(=O)O. The topological polar surface area (TPSA) is 267 Å². The Kier molecular flexibility index (Phi) is 10.9. The third-order valence-electron chi connectivity index (χ3n) is 5.81. The summed E-state index contributed by atoms with van der Waals surface area (Å²) in [6.07, 6.45) is -1.45. The molecule has 0 spiro atoms. The number of nitrogens with two attached hydrogens (primary N) is 2. The zero-order valence-corrected chi connectivity index (χ0v) is 21.0. The van der Waals surface area contributed by atoms with Gasteiger partial charge in [-0.3, -0.25) is 24.0 Å². The molecule has 0 saturated carbocycles. The zero-order valence-electron chi connectivity index (χ0n) is 21.0. The van der Waals surface area contributed by atoms with Crippen LogP contribution in [0.1, 0.15) is 31.7 Å². The molecule has 5 atom stereocenters. The number of carboxylic acid groups (broad SMARTS) is 2. The van der Waals surface area contributed by atoms with Crippen molar-refractivity contribution in [1.82, 2.24) is 20.9 Å². The van der Waals surface area contributed by atoms with Crippen LogP contribution in [0.5, 0.6) is 0 Å². The van der Waals surface area contributed by atoms with Gasteiger partial charge in [0.25, 0.3) is 0 Å². The Hall–Kier alpha value is -4.50. The van der Waals surface area contributed by atoms with Crippen LogP contribution in [-0.2, 0) is 35.2 Å². The normalized spacial score (nSPS) is 14.8. The molecule has 5 unspecified atom stereocenters. The Morgan fingerprint density at radius 2 is 1.59 bits per heavy atom. The number of carbonyl (C=O) groups excluding carboxylic acids is 4. The van der Waals surface area contributed by atoms with Crippen molar-refractivity contribution >= 4 is 46.5 Å². The maximum Gasteiger partial charge on any atom is 0.326 e. The van der Waals surface area contributed by atoms with Gasteiger partial charge in [0.1, 0.15) is 18.1 Å². The number of hydrogen-bond acceptors (Lipinski definition) is 8. The number of H-pyrrole nitrogens is 1. The number of carboxylic acids is 2. The van der Waals surface area contributed by atoms with Crippen molar-refractivity contribution in [3.05, 3.63) is 36.0 Å². The second kappa shape index (κ2) is 13.9. The molecule has 2 rings (SSSR count). The van der Waals surface area contributed by atoms with Crippen LogP contribution in [0.15, 0.2) is 30.5 Å². The quantitative estimate of drug-likeness (QED) is 0.115. The van der Waals surface area contributed by atoms with E-state index in [4.69, 9.17) is 16.6 Å². The molecule has 15 heteroatoms. The van der Waals surface area contributed by atoms with Gasteiger partial charge in [0.15, 0.2) is 0 Å². The van der Waals surface area contributed by atoms with E-state index in [0.717, 1.165) is 16.5 Å². The molecule has 0 aliphatic carbocycles. The summed E-state index contributed by atoms with van der Waals surface area (Å²) in [4.78, 5) is 75.1. The molecule has 0 fully saturated rings. The van der Waals surface area contributed by atoms with E-state index in [2.05, 4.69) is 20.9 Å². The number of primary amides is 1. The Balaban J connectivity index is 2.10. The Morgan fingerprint density at radius 1 is 0.949 bits per heavy atom.